The van der Waals surface area contributed by atoms with Crippen molar-refractivity contribution in [1.29, 1.82) is 0 Å². The van der Waals surface area contributed by atoms with E-state index in [0.29, 0.717) is 11.3 Å². The normalized spacial score (nSPS) is 10.9. The van der Waals surface area contributed by atoms with E-state index in [-0.39, 0.29) is 11.3 Å². The van der Waals surface area contributed by atoms with E-state index in [1.165, 1.54) is 12.4 Å². The quantitative estimate of drug-likeness (QED) is 0.777. The molecule has 0 saturated heterocycles. The minimum atomic E-state index is -1.16. The Kier molecular flexibility index (Phi) is 2.71. The van der Waals surface area contributed by atoms with Crippen LogP contribution in [0.25, 0.3) is 16.9 Å². The molecule has 0 amide bonds. The first-order valence-corrected chi connectivity index (χ1v) is 5.91. The molecular formula is C14H10FN3O2. The number of carbonyl (C=O) groups is 1. The maximum absolute atomic E-state index is 13.8. The van der Waals surface area contributed by atoms with Crippen LogP contribution < -0.4 is 0 Å². The third-order valence-corrected chi connectivity index (χ3v) is 3.05. The molecule has 0 unspecified atom stereocenters. The Morgan fingerprint density at radius 1 is 1.35 bits per heavy atom. The van der Waals surface area contributed by atoms with Gasteiger partial charge in [0, 0.05) is 11.3 Å². The number of carboxylic acid groups (broad SMARTS) is 1. The standard InChI is InChI=1S/C14H10FN3O2/c1-8-6-11(9-4-2-3-5-10(9)15)17-13-12(14(19)20)16-7-18(8)13/h2-7H,1H3,(H,19,20). The molecule has 0 saturated carbocycles. The molecule has 2 heterocycles. The van der Waals surface area contributed by atoms with Gasteiger partial charge in [0.2, 0.25) is 0 Å². The van der Waals surface area contributed by atoms with Gasteiger partial charge in [-0.1, -0.05) is 12.1 Å². The smallest absolute Gasteiger partial charge is 0.358 e. The van der Waals surface area contributed by atoms with Gasteiger partial charge >= 0.3 is 5.97 Å². The molecular weight excluding hydrogens is 261 g/mol. The highest BCUT2D eigenvalue weighted by molar-refractivity contribution is 5.92. The van der Waals surface area contributed by atoms with Crippen LogP contribution in [0.1, 0.15) is 16.2 Å². The molecule has 20 heavy (non-hydrogen) atoms. The number of carboxylic acids is 1. The molecule has 1 N–H and O–H groups in total. The summed E-state index contributed by atoms with van der Waals surface area (Å²) in [4.78, 5) is 19.2. The van der Waals surface area contributed by atoms with E-state index in [4.69, 9.17) is 5.11 Å². The van der Waals surface area contributed by atoms with Crippen LogP contribution >= 0.6 is 0 Å². The van der Waals surface area contributed by atoms with E-state index in [9.17, 15) is 9.18 Å². The fourth-order valence-corrected chi connectivity index (χ4v) is 2.08. The van der Waals surface area contributed by atoms with E-state index in [0.717, 1.165) is 5.69 Å². The number of imidazole rings is 1. The molecule has 1 aromatic carbocycles. The summed E-state index contributed by atoms with van der Waals surface area (Å²) >= 11 is 0. The number of aromatic carboxylic acids is 1. The Morgan fingerprint density at radius 3 is 2.80 bits per heavy atom. The van der Waals surface area contributed by atoms with Crippen molar-refractivity contribution < 1.29 is 14.3 Å². The van der Waals surface area contributed by atoms with Gasteiger partial charge in [-0.05, 0) is 25.1 Å². The van der Waals surface area contributed by atoms with Crippen LogP contribution in [0, 0.1) is 12.7 Å². The third-order valence-electron chi connectivity index (χ3n) is 3.05. The highest BCUT2D eigenvalue weighted by atomic mass is 19.1. The zero-order chi connectivity index (χ0) is 14.3. The maximum Gasteiger partial charge on any atom is 0.358 e. The van der Waals surface area contributed by atoms with E-state index in [2.05, 4.69) is 9.97 Å². The largest absolute Gasteiger partial charge is 0.476 e. The number of halogens is 1. The molecule has 0 aliphatic heterocycles. The molecule has 0 fully saturated rings. The summed E-state index contributed by atoms with van der Waals surface area (Å²) in [7, 11) is 0. The molecule has 3 aromatic rings. The van der Waals surface area contributed by atoms with Gasteiger partial charge in [0.25, 0.3) is 0 Å². The van der Waals surface area contributed by atoms with Crippen molar-refractivity contribution in [2.75, 3.05) is 0 Å². The number of aromatic nitrogens is 3. The van der Waals surface area contributed by atoms with Crippen LogP contribution in [0.3, 0.4) is 0 Å². The molecule has 3 rings (SSSR count). The summed E-state index contributed by atoms with van der Waals surface area (Å²) in [5.74, 6) is -1.56. The number of benzene rings is 1. The Hall–Kier alpha value is -2.76. The lowest BCUT2D eigenvalue weighted by molar-refractivity contribution is 0.0693. The molecule has 2 aromatic heterocycles. The van der Waals surface area contributed by atoms with Crippen LogP contribution in [0.4, 0.5) is 4.39 Å². The fraction of sp³-hybridized carbons (Fsp3) is 0.0714. The topological polar surface area (TPSA) is 67.5 Å². The van der Waals surface area contributed by atoms with Crippen molar-refractivity contribution in [3.63, 3.8) is 0 Å². The molecule has 5 nitrogen and oxygen atoms in total. The summed E-state index contributed by atoms with van der Waals surface area (Å²) in [5.41, 5.74) is 1.50. The average Bonchev–Trinajstić information content (AvgIpc) is 2.83. The van der Waals surface area contributed by atoms with Gasteiger partial charge in [-0.2, -0.15) is 0 Å². The van der Waals surface area contributed by atoms with Crippen LogP contribution in [0.15, 0.2) is 36.7 Å². The summed E-state index contributed by atoms with van der Waals surface area (Å²) in [6.07, 6.45) is 1.40. The van der Waals surface area contributed by atoms with Gasteiger partial charge in [-0.25, -0.2) is 19.2 Å². The third kappa shape index (κ3) is 1.82. The molecule has 0 aliphatic carbocycles. The fourth-order valence-electron chi connectivity index (χ4n) is 2.08. The number of nitrogens with zero attached hydrogens (tertiary/aromatic N) is 3. The zero-order valence-corrected chi connectivity index (χ0v) is 10.5. The van der Waals surface area contributed by atoms with Gasteiger partial charge in [-0.3, -0.25) is 4.40 Å². The van der Waals surface area contributed by atoms with Crippen molar-refractivity contribution in [2.24, 2.45) is 0 Å². The second-order valence-corrected chi connectivity index (χ2v) is 4.35. The van der Waals surface area contributed by atoms with E-state index in [1.54, 1.807) is 35.6 Å². The van der Waals surface area contributed by atoms with Crippen molar-refractivity contribution in [2.45, 2.75) is 6.92 Å². The predicted molar refractivity (Wildman–Crippen MR) is 70.1 cm³/mol. The lowest BCUT2D eigenvalue weighted by Gasteiger charge is -2.06. The van der Waals surface area contributed by atoms with Crippen LogP contribution in [-0.4, -0.2) is 25.4 Å². The number of aryl methyl sites for hydroxylation is 1. The maximum atomic E-state index is 13.8. The van der Waals surface area contributed by atoms with Crippen molar-refractivity contribution in [1.82, 2.24) is 14.4 Å². The molecule has 0 aliphatic rings. The van der Waals surface area contributed by atoms with Gasteiger partial charge < -0.3 is 5.11 Å². The number of rotatable bonds is 2. The Bertz CT molecular complexity index is 826. The van der Waals surface area contributed by atoms with Gasteiger partial charge in [0.15, 0.2) is 11.3 Å². The van der Waals surface area contributed by atoms with Crippen molar-refractivity contribution >= 4 is 11.6 Å². The van der Waals surface area contributed by atoms with Gasteiger partial charge in [0.1, 0.15) is 12.1 Å². The lowest BCUT2D eigenvalue weighted by atomic mass is 10.1. The lowest BCUT2D eigenvalue weighted by Crippen LogP contribution is -2.02. The van der Waals surface area contributed by atoms with Crippen molar-refractivity contribution in [3.8, 4) is 11.3 Å². The van der Waals surface area contributed by atoms with E-state index in [1.807, 2.05) is 0 Å². The summed E-state index contributed by atoms with van der Waals surface area (Å²) in [5, 5.41) is 9.09. The predicted octanol–water partition coefficient (Wildman–Crippen LogP) is 2.54. The zero-order valence-electron chi connectivity index (χ0n) is 10.5. The number of hydrogen-bond acceptors (Lipinski definition) is 3. The number of fused-ring (bicyclic) bond motifs is 1. The van der Waals surface area contributed by atoms with Gasteiger partial charge in [-0.15, -0.1) is 0 Å². The average molecular weight is 271 g/mol. The Balaban J connectivity index is 2.31. The van der Waals surface area contributed by atoms with Crippen LogP contribution in [0.2, 0.25) is 0 Å². The van der Waals surface area contributed by atoms with Crippen LogP contribution in [0.5, 0.6) is 0 Å². The van der Waals surface area contributed by atoms with Crippen LogP contribution in [-0.2, 0) is 0 Å². The molecule has 0 spiro atoms. The summed E-state index contributed by atoms with van der Waals surface area (Å²) < 4.78 is 15.4. The molecule has 0 atom stereocenters. The second kappa shape index (κ2) is 4.41. The van der Waals surface area contributed by atoms with Crippen molar-refractivity contribution in [3.05, 3.63) is 53.9 Å². The highest BCUT2D eigenvalue weighted by Gasteiger charge is 2.16. The SMILES string of the molecule is Cc1cc(-c2ccccc2F)nc2c(C(=O)O)ncn12. The first kappa shape index (κ1) is 12.3. The molecule has 0 radical (unpaired) electrons. The first-order valence-electron chi connectivity index (χ1n) is 5.91. The summed E-state index contributed by atoms with van der Waals surface area (Å²) in [6.45, 7) is 1.78. The second-order valence-electron chi connectivity index (χ2n) is 4.35. The minimum Gasteiger partial charge on any atom is -0.476 e. The van der Waals surface area contributed by atoms with E-state index >= 15 is 0 Å². The van der Waals surface area contributed by atoms with Gasteiger partial charge in [0.05, 0.1) is 5.69 Å². The monoisotopic (exact) mass is 271 g/mol. The Morgan fingerprint density at radius 2 is 2.10 bits per heavy atom. The minimum absolute atomic E-state index is 0.147. The first-order chi connectivity index (χ1) is 9.58. The summed E-state index contributed by atoms with van der Waals surface area (Å²) in [6, 6.07) is 7.92. The molecule has 6 heteroatoms. The molecule has 100 valence electrons. The Labute approximate surface area is 113 Å². The number of hydrogen-bond donors (Lipinski definition) is 1. The molecule has 0 bridgehead atoms. The highest BCUT2D eigenvalue weighted by Crippen LogP contribution is 2.23. The van der Waals surface area contributed by atoms with E-state index < -0.39 is 11.8 Å².